The monoisotopic (exact) mass is 214 g/mol. The molecule has 1 aliphatic heterocycles. The van der Waals surface area contributed by atoms with Crippen LogP contribution in [0.2, 0.25) is 0 Å². The third-order valence-electron chi connectivity index (χ3n) is 2.49. The molecule has 0 bridgehead atoms. The summed E-state index contributed by atoms with van der Waals surface area (Å²) in [6.07, 6.45) is 4.03. The molecule has 0 aliphatic carbocycles. The van der Waals surface area contributed by atoms with Gasteiger partial charge < -0.3 is 15.4 Å². The van der Waals surface area contributed by atoms with Gasteiger partial charge in [-0.2, -0.15) is 0 Å². The minimum Gasteiger partial charge on any atom is -0.381 e. The van der Waals surface area contributed by atoms with Gasteiger partial charge >= 0.3 is 0 Å². The van der Waals surface area contributed by atoms with Crippen molar-refractivity contribution >= 4 is 5.91 Å². The van der Waals surface area contributed by atoms with E-state index in [0.717, 1.165) is 52.0 Å². The molecular formula is C11H22N2O2. The summed E-state index contributed by atoms with van der Waals surface area (Å²) < 4.78 is 5.32. The first kappa shape index (κ1) is 12.5. The highest BCUT2D eigenvalue weighted by molar-refractivity contribution is 5.81. The van der Waals surface area contributed by atoms with Gasteiger partial charge in [-0.05, 0) is 32.2 Å². The lowest BCUT2D eigenvalue weighted by Gasteiger charge is -2.10. The molecule has 1 atom stereocenters. The van der Waals surface area contributed by atoms with Crippen LogP contribution in [0.25, 0.3) is 0 Å². The Morgan fingerprint density at radius 2 is 2.40 bits per heavy atom. The molecule has 0 saturated carbocycles. The molecule has 0 aromatic rings. The number of hydrogen-bond donors (Lipinski definition) is 2. The van der Waals surface area contributed by atoms with Gasteiger partial charge in [-0.25, -0.2) is 0 Å². The molecule has 88 valence electrons. The van der Waals surface area contributed by atoms with E-state index in [4.69, 9.17) is 4.74 Å². The molecule has 1 fully saturated rings. The van der Waals surface area contributed by atoms with Crippen LogP contribution >= 0.6 is 0 Å². The molecule has 1 heterocycles. The van der Waals surface area contributed by atoms with E-state index in [1.807, 2.05) is 0 Å². The first-order chi connectivity index (χ1) is 7.34. The molecule has 4 heteroatoms. The maximum atomic E-state index is 11.5. The smallest absolute Gasteiger partial charge is 0.237 e. The summed E-state index contributed by atoms with van der Waals surface area (Å²) in [6.45, 7) is 5.34. The summed E-state index contributed by atoms with van der Waals surface area (Å²) in [5.41, 5.74) is 0. The van der Waals surface area contributed by atoms with Crippen LogP contribution in [-0.4, -0.2) is 38.3 Å². The quantitative estimate of drug-likeness (QED) is 0.612. The zero-order chi connectivity index (χ0) is 10.9. The molecule has 0 spiro atoms. The Morgan fingerprint density at radius 1 is 1.53 bits per heavy atom. The van der Waals surface area contributed by atoms with Crippen LogP contribution in [0.3, 0.4) is 0 Å². The average molecular weight is 214 g/mol. The van der Waals surface area contributed by atoms with E-state index in [-0.39, 0.29) is 11.9 Å². The van der Waals surface area contributed by atoms with Crippen LogP contribution in [0.4, 0.5) is 0 Å². The molecule has 1 amide bonds. The third kappa shape index (κ3) is 5.14. The number of carbonyl (C=O) groups is 1. The SMILES string of the molecule is CCCOCCCNC(=O)C1CCCN1. The minimum absolute atomic E-state index is 0.0431. The normalized spacial score (nSPS) is 20.5. The Morgan fingerprint density at radius 3 is 3.07 bits per heavy atom. The van der Waals surface area contributed by atoms with Crippen LogP contribution in [0.5, 0.6) is 0 Å². The van der Waals surface area contributed by atoms with Gasteiger partial charge in [0.1, 0.15) is 0 Å². The largest absolute Gasteiger partial charge is 0.381 e. The zero-order valence-electron chi connectivity index (χ0n) is 9.55. The van der Waals surface area contributed by atoms with Crippen molar-refractivity contribution < 1.29 is 9.53 Å². The van der Waals surface area contributed by atoms with E-state index < -0.39 is 0 Å². The zero-order valence-corrected chi connectivity index (χ0v) is 9.55. The van der Waals surface area contributed by atoms with Crippen LogP contribution in [0.1, 0.15) is 32.6 Å². The lowest BCUT2D eigenvalue weighted by molar-refractivity contribution is -0.122. The fourth-order valence-electron chi connectivity index (χ4n) is 1.66. The predicted octanol–water partition coefficient (Wildman–Crippen LogP) is 0.671. The molecular weight excluding hydrogens is 192 g/mol. The third-order valence-corrected chi connectivity index (χ3v) is 2.49. The molecule has 2 N–H and O–H groups in total. The number of ether oxygens (including phenoxy) is 1. The Balaban J connectivity index is 1.92. The lowest BCUT2D eigenvalue weighted by Crippen LogP contribution is -2.40. The van der Waals surface area contributed by atoms with Crippen molar-refractivity contribution in [3.05, 3.63) is 0 Å². The molecule has 1 unspecified atom stereocenters. The van der Waals surface area contributed by atoms with Crippen molar-refractivity contribution in [2.24, 2.45) is 0 Å². The molecule has 0 aromatic carbocycles. The molecule has 15 heavy (non-hydrogen) atoms. The van der Waals surface area contributed by atoms with Crippen LogP contribution in [0.15, 0.2) is 0 Å². The first-order valence-electron chi connectivity index (χ1n) is 5.93. The van der Waals surface area contributed by atoms with E-state index in [9.17, 15) is 4.79 Å². The second kappa shape index (κ2) is 7.65. The minimum atomic E-state index is 0.0431. The van der Waals surface area contributed by atoms with Gasteiger partial charge in [0.2, 0.25) is 5.91 Å². The lowest BCUT2D eigenvalue weighted by atomic mass is 10.2. The van der Waals surface area contributed by atoms with Gasteiger partial charge in [0.15, 0.2) is 0 Å². The van der Waals surface area contributed by atoms with Crippen molar-refractivity contribution in [3.63, 3.8) is 0 Å². The topological polar surface area (TPSA) is 50.4 Å². The molecule has 1 aliphatic rings. The average Bonchev–Trinajstić information content (AvgIpc) is 2.76. The highest BCUT2D eigenvalue weighted by Crippen LogP contribution is 2.04. The summed E-state index contributed by atoms with van der Waals surface area (Å²) in [5.74, 6) is 0.142. The van der Waals surface area contributed by atoms with Gasteiger partial charge in [0, 0.05) is 19.8 Å². The first-order valence-corrected chi connectivity index (χ1v) is 5.93. The van der Waals surface area contributed by atoms with Crippen LogP contribution in [-0.2, 0) is 9.53 Å². The Labute approximate surface area is 91.8 Å². The summed E-state index contributed by atoms with van der Waals surface area (Å²) in [5, 5.41) is 6.09. The Kier molecular flexibility index (Phi) is 6.36. The van der Waals surface area contributed by atoms with Crippen molar-refractivity contribution in [2.75, 3.05) is 26.3 Å². The van der Waals surface area contributed by atoms with Crippen molar-refractivity contribution in [2.45, 2.75) is 38.6 Å². The van der Waals surface area contributed by atoms with Crippen LogP contribution < -0.4 is 10.6 Å². The van der Waals surface area contributed by atoms with Gasteiger partial charge in [-0.15, -0.1) is 0 Å². The second-order valence-corrected chi connectivity index (χ2v) is 3.91. The van der Waals surface area contributed by atoms with Gasteiger partial charge in [-0.1, -0.05) is 6.92 Å². The maximum Gasteiger partial charge on any atom is 0.237 e. The fraction of sp³-hybridized carbons (Fsp3) is 0.909. The molecule has 1 rings (SSSR count). The van der Waals surface area contributed by atoms with Crippen molar-refractivity contribution in [1.29, 1.82) is 0 Å². The van der Waals surface area contributed by atoms with E-state index in [1.165, 1.54) is 0 Å². The summed E-state index contributed by atoms with van der Waals surface area (Å²) in [7, 11) is 0. The van der Waals surface area contributed by atoms with Gasteiger partial charge in [0.05, 0.1) is 6.04 Å². The number of nitrogens with one attached hydrogen (secondary N) is 2. The summed E-state index contributed by atoms with van der Waals surface area (Å²) in [4.78, 5) is 11.5. The Hall–Kier alpha value is -0.610. The highest BCUT2D eigenvalue weighted by Gasteiger charge is 2.20. The standard InChI is InChI=1S/C11H22N2O2/c1-2-8-15-9-4-7-13-11(14)10-5-3-6-12-10/h10,12H,2-9H2,1H3,(H,13,14). The molecule has 0 radical (unpaired) electrons. The number of amides is 1. The van der Waals surface area contributed by atoms with E-state index in [2.05, 4.69) is 17.6 Å². The summed E-state index contributed by atoms with van der Waals surface area (Å²) in [6, 6.07) is 0.0431. The maximum absolute atomic E-state index is 11.5. The second-order valence-electron chi connectivity index (χ2n) is 3.91. The van der Waals surface area contributed by atoms with E-state index in [1.54, 1.807) is 0 Å². The predicted molar refractivity (Wildman–Crippen MR) is 59.8 cm³/mol. The van der Waals surface area contributed by atoms with Gasteiger partial charge in [-0.3, -0.25) is 4.79 Å². The number of rotatable bonds is 7. The van der Waals surface area contributed by atoms with Gasteiger partial charge in [0.25, 0.3) is 0 Å². The Bertz CT molecular complexity index is 179. The number of hydrogen-bond acceptors (Lipinski definition) is 3. The van der Waals surface area contributed by atoms with E-state index in [0.29, 0.717) is 0 Å². The highest BCUT2D eigenvalue weighted by atomic mass is 16.5. The molecule has 4 nitrogen and oxygen atoms in total. The van der Waals surface area contributed by atoms with E-state index >= 15 is 0 Å². The van der Waals surface area contributed by atoms with Crippen LogP contribution in [0, 0.1) is 0 Å². The molecule has 0 aromatic heterocycles. The van der Waals surface area contributed by atoms with Crippen molar-refractivity contribution in [1.82, 2.24) is 10.6 Å². The fourth-order valence-corrected chi connectivity index (χ4v) is 1.66. The summed E-state index contributed by atoms with van der Waals surface area (Å²) >= 11 is 0. The van der Waals surface area contributed by atoms with Crippen molar-refractivity contribution in [3.8, 4) is 0 Å². The molecule has 1 saturated heterocycles. The number of carbonyl (C=O) groups excluding carboxylic acids is 1.